The Morgan fingerprint density at radius 1 is 1.23 bits per heavy atom. The maximum atomic E-state index is 12.7. The Morgan fingerprint density at radius 2 is 2.00 bits per heavy atom. The average molecular weight is 443 g/mol. The lowest BCUT2D eigenvalue weighted by molar-refractivity contribution is -0.121. The number of hydrogen-bond acceptors (Lipinski definition) is 5. The van der Waals surface area contributed by atoms with E-state index in [1.165, 1.54) is 17.3 Å². The van der Waals surface area contributed by atoms with Crippen molar-refractivity contribution in [2.24, 2.45) is 4.99 Å². The van der Waals surface area contributed by atoms with Crippen molar-refractivity contribution < 1.29 is 14.3 Å². The van der Waals surface area contributed by atoms with Gasteiger partial charge in [-0.3, -0.25) is 9.69 Å². The summed E-state index contributed by atoms with van der Waals surface area (Å²) in [7, 11) is 3.26. The van der Waals surface area contributed by atoms with E-state index in [4.69, 9.17) is 21.1 Å². The van der Waals surface area contributed by atoms with Crippen LogP contribution < -0.4 is 9.47 Å². The van der Waals surface area contributed by atoms with Gasteiger partial charge in [-0.2, -0.15) is 0 Å². The van der Waals surface area contributed by atoms with Gasteiger partial charge in [0.15, 0.2) is 16.7 Å². The number of aliphatic imine (C=N–C) groups is 1. The fraction of sp³-hybridized carbons (Fsp3) is 0.217. The number of carbonyl (C=O) groups excluding carboxylic acids is 1. The van der Waals surface area contributed by atoms with Crippen molar-refractivity contribution in [1.29, 1.82) is 0 Å². The molecule has 0 atom stereocenters. The second kappa shape index (κ2) is 9.41. The van der Waals surface area contributed by atoms with E-state index in [1.807, 2.05) is 25.1 Å². The Kier molecular flexibility index (Phi) is 6.90. The van der Waals surface area contributed by atoms with Crippen molar-refractivity contribution in [3.63, 3.8) is 0 Å². The van der Waals surface area contributed by atoms with Crippen LogP contribution >= 0.6 is 23.4 Å². The Labute approximate surface area is 186 Å². The first-order valence-corrected chi connectivity index (χ1v) is 10.5. The number of thioether (sulfide) groups is 1. The molecule has 5 nitrogen and oxygen atoms in total. The number of hydrogen-bond donors (Lipinski definition) is 0. The number of halogens is 1. The fourth-order valence-electron chi connectivity index (χ4n) is 2.81. The van der Waals surface area contributed by atoms with Crippen molar-refractivity contribution in [1.82, 2.24) is 4.90 Å². The van der Waals surface area contributed by atoms with Crippen LogP contribution in [0, 0.1) is 13.8 Å². The van der Waals surface area contributed by atoms with Crippen LogP contribution in [0.4, 0.5) is 5.69 Å². The minimum absolute atomic E-state index is 0.121. The fourth-order valence-corrected chi connectivity index (χ4v) is 4.07. The van der Waals surface area contributed by atoms with Crippen LogP contribution in [0.3, 0.4) is 0 Å². The Bertz CT molecular complexity index is 1060. The van der Waals surface area contributed by atoms with Crippen LogP contribution in [0.5, 0.6) is 11.5 Å². The van der Waals surface area contributed by atoms with Crippen LogP contribution in [0.2, 0.25) is 5.02 Å². The molecule has 0 bridgehead atoms. The van der Waals surface area contributed by atoms with E-state index < -0.39 is 0 Å². The highest BCUT2D eigenvalue weighted by molar-refractivity contribution is 8.18. The molecule has 1 heterocycles. The van der Waals surface area contributed by atoms with E-state index in [0.29, 0.717) is 33.2 Å². The predicted octanol–water partition coefficient (Wildman–Crippen LogP) is 5.76. The average Bonchev–Trinajstić information content (AvgIpc) is 2.97. The molecule has 0 unspecified atom stereocenters. The summed E-state index contributed by atoms with van der Waals surface area (Å²) in [5.41, 5.74) is 3.91. The quantitative estimate of drug-likeness (QED) is 0.421. The molecule has 0 radical (unpaired) electrons. The number of likely N-dealkylation sites (N-methyl/N-ethyl adjacent to an activating group) is 1. The Hall–Kier alpha value is -2.70. The van der Waals surface area contributed by atoms with Gasteiger partial charge in [-0.25, -0.2) is 4.99 Å². The van der Waals surface area contributed by atoms with Gasteiger partial charge in [0.2, 0.25) is 0 Å². The lowest BCUT2D eigenvalue weighted by atomic mass is 10.1. The Morgan fingerprint density at radius 3 is 2.67 bits per heavy atom. The lowest BCUT2D eigenvalue weighted by Gasteiger charge is -2.12. The number of benzene rings is 2. The van der Waals surface area contributed by atoms with E-state index in [0.717, 1.165) is 16.8 Å². The number of methoxy groups -OCH3 is 1. The molecule has 0 N–H and O–H groups in total. The summed E-state index contributed by atoms with van der Waals surface area (Å²) in [6.45, 7) is 8.05. The summed E-state index contributed by atoms with van der Waals surface area (Å²) in [6.07, 6.45) is 3.41. The van der Waals surface area contributed by atoms with E-state index in [-0.39, 0.29) is 5.91 Å². The molecule has 0 saturated carbocycles. The first-order valence-electron chi connectivity index (χ1n) is 9.28. The standard InChI is InChI=1S/C23H23ClN2O3S/c1-6-9-29-21-18(24)11-16(12-19(21)28-5)13-20-22(27)26(4)23(30-20)25-17-8-7-14(2)15(3)10-17/h6-8,10-13H,1,9H2,2-5H3. The largest absolute Gasteiger partial charge is 0.493 e. The Balaban J connectivity index is 1.91. The summed E-state index contributed by atoms with van der Waals surface area (Å²) in [6, 6.07) is 9.50. The molecule has 1 aliphatic heterocycles. The molecule has 7 heteroatoms. The van der Waals surface area contributed by atoms with Gasteiger partial charge in [-0.05, 0) is 72.6 Å². The number of amides is 1. The second-order valence-electron chi connectivity index (χ2n) is 6.77. The summed E-state index contributed by atoms with van der Waals surface area (Å²) < 4.78 is 11.0. The topological polar surface area (TPSA) is 51.1 Å². The maximum absolute atomic E-state index is 12.7. The van der Waals surface area contributed by atoms with Gasteiger partial charge in [0, 0.05) is 7.05 Å². The van der Waals surface area contributed by atoms with E-state index in [9.17, 15) is 4.79 Å². The number of amidine groups is 1. The number of ether oxygens (including phenoxy) is 2. The number of aryl methyl sites for hydroxylation is 2. The van der Waals surface area contributed by atoms with E-state index in [2.05, 4.69) is 18.5 Å². The molecule has 2 aromatic rings. The number of carbonyl (C=O) groups is 1. The molecule has 1 fully saturated rings. The van der Waals surface area contributed by atoms with Gasteiger partial charge in [0.05, 0.1) is 22.7 Å². The zero-order valence-electron chi connectivity index (χ0n) is 17.4. The van der Waals surface area contributed by atoms with Crippen molar-refractivity contribution in [3.05, 3.63) is 69.6 Å². The zero-order valence-corrected chi connectivity index (χ0v) is 18.9. The lowest BCUT2D eigenvalue weighted by Crippen LogP contribution is -2.23. The maximum Gasteiger partial charge on any atom is 0.266 e. The van der Waals surface area contributed by atoms with Gasteiger partial charge in [-0.15, -0.1) is 0 Å². The van der Waals surface area contributed by atoms with Gasteiger partial charge < -0.3 is 9.47 Å². The van der Waals surface area contributed by atoms with Crippen LogP contribution in [-0.2, 0) is 4.79 Å². The molecule has 3 rings (SSSR count). The normalized spacial score (nSPS) is 16.4. The zero-order chi connectivity index (χ0) is 21.8. The third kappa shape index (κ3) is 4.71. The van der Waals surface area contributed by atoms with Gasteiger partial charge >= 0.3 is 0 Å². The first kappa shape index (κ1) is 22.0. The summed E-state index contributed by atoms with van der Waals surface area (Å²) in [5, 5.41) is 1.02. The van der Waals surface area contributed by atoms with E-state index in [1.54, 1.807) is 43.3 Å². The SMILES string of the molecule is C=CCOc1c(Cl)cc(C=C2SC(=Nc3ccc(C)c(C)c3)N(C)C2=O)cc1OC. The predicted molar refractivity (Wildman–Crippen MR) is 125 cm³/mol. The smallest absolute Gasteiger partial charge is 0.266 e. The molecule has 156 valence electrons. The number of nitrogens with zero attached hydrogens (tertiary/aromatic N) is 2. The number of rotatable bonds is 6. The van der Waals surface area contributed by atoms with Crippen molar-refractivity contribution in [2.45, 2.75) is 13.8 Å². The monoisotopic (exact) mass is 442 g/mol. The highest BCUT2D eigenvalue weighted by Crippen LogP contribution is 2.39. The summed E-state index contributed by atoms with van der Waals surface area (Å²) in [5.74, 6) is 0.814. The highest BCUT2D eigenvalue weighted by Gasteiger charge is 2.30. The van der Waals surface area contributed by atoms with Crippen LogP contribution in [-0.4, -0.2) is 36.7 Å². The van der Waals surface area contributed by atoms with Crippen molar-refractivity contribution in [3.8, 4) is 11.5 Å². The molecule has 1 amide bonds. The minimum Gasteiger partial charge on any atom is -0.493 e. The molecule has 30 heavy (non-hydrogen) atoms. The third-order valence-corrected chi connectivity index (χ3v) is 5.95. The molecular formula is C23H23ClN2O3S. The summed E-state index contributed by atoms with van der Waals surface area (Å²) in [4.78, 5) is 19.5. The third-order valence-electron chi connectivity index (χ3n) is 4.61. The van der Waals surface area contributed by atoms with Crippen LogP contribution in [0.15, 0.2) is 52.9 Å². The van der Waals surface area contributed by atoms with Crippen LogP contribution in [0.1, 0.15) is 16.7 Å². The molecular weight excluding hydrogens is 420 g/mol. The molecule has 1 aliphatic rings. The van der Waals surface area contributed by atoms with Gasteiger partial charge in [-0.1, -0.05) is 30.3 Å². The highest BCUT2D eigenvalue weighted by atomic mass is 35.5. The first-order chi connectivity index (χ1) is 14.3. The minimum atomic E-state index is -0.121. The second-order valence-corrected chi connectivity index (χ2v) is 8.19. The molecule has 0 spiro atoms. The van der Waals surface area contributed by atoms with E-state index >= 15 is 0 Å². The van der Waals surface area contributed by atoms with Gasteiger partial charge in [0.1, 0.15) is 6.61 Å². The summed E-state index contributed by atoms with van der Waals surface area (Å²) >= 11 is 7.69. The molecule has 2 aromatic carbocycles. The van der Waals surface area contributed by atoms with Crippen molar-refractivity contribution in [2.75, 3.05) is 20.8 Å². The molecule has 0 aromatic heterocycles. The van der Waals surface area contributed by atoms with Crippen molar-refractivity contribution >= 4 is 46.2 Å². The molecule has 1 saturated heterocycles. The van der Waals surface area contributed by atoms with Crippen LogP contribution in [0.25, 0.3) is 6.08 Å². The van der Waals surface area contributed by atoms with Gasteiger partial charge in [0.25, 0.3) is 5.91 Å². The molecule has 0 aliphatic carbocycles.